The number of hydrogen-bond donors (Lipinski definition) is 1. The fourth-order valence-electron chi connectivity index (χ4n) is 1.66. The maximum Gasteiger partial charge on any atom is 0.228 e. The van der Waals surface area contributed by atoms with E-state index < -0.39 is 0 Å². The summed E-state index contributed by atoms with van der Waals surface area (Å²) in [5.74, 6) is 0.646. The monoisotopic (exact) mass is 242 g/mol. The number of carbonyl (C=O) groups is 1. The van der Waals surface area contributed by atoms with E-state index in [1.807, 2.05) is 24.3 Å². The number of aromatic nitrogens is 1. The number of amides is 1. The van der Waals surface area contributed by atoms with Crippen LogP contribution in [0.15, 0.2) is 48.8 Å². The van der Waals surface area contributed by atoms with Crippen molar-refractivity contribution in [2.24, 2.45) is 0 Å². The van der Waals surface area contributed by atoms with Gasteiger partial charge < -0.3 is 10.1 Å². The maximum absolute atomic E-state index is 11.9. The quantitative estimate of drug-likeness (QED) is 0.894. The molecule has 0 atom stereocenters. The molecule has 4 heteroatoms. The molecule has 0 unspecified atom stereocenters. The van der Waals surface area contributed by atoms with E-state index >= 15 is 0 Å². The third kappa shape index (κ3) is 3.07. The fraction of sp³-hybridized carbons (Fsp3) is 0.143. The van der Waals surface area contributed by atoms with Crippen molar-refractivity contribution in [2.75, 3.05) is 12.4 Å². The number of ether oxygens (including phenoxy) is 1. The summed E-state index contributed by atoms with van der Waals surface area (Å²) in [6.45, 7) is 0. The minimum absolute atomic E-state index is 0.0781. The van der Waals surface area contributed by atoms with Crippen LogP contribution in [0.5, 0.6) is 5.75 Å². The van der Waals surface area contributed by atoms with Gasteiger partial charge in [-0.25, -0.2) is 0 Å². The molecule has 0 aliphatic heterocycles. The van der Waals surface area contributed by atoms with Gasteiger partial charge in [-0.15, -0.1) is 0 Å². The predicted molar refractivity (Wildman–Crippen MR) is 69.6 cm³/mol. The van der Waals surface area contributed by atoms with Crippen molar-refractivity contribution in [3.05, 3.63) is 54.4 Å². The van der Waals surface area contributed by atoms with E-state index in [1.165, 1.54) is 0 Å². The molecule has 0 saturated carbocycles. The van der Waals surface area contributed by atoms with Crippen molar-refractivity contribution >= 4 is 11.6 Å². The summed E-state index contributed by atoms with van der Waals surface area (Å²) in [5.41, 5.74) is 1.61. The Labute approximate surface area is 106 Å². The van der Waals surface area contributed by atoms with Crippen molar-refractivity contribution < 1.29 is 9.53 Å². The lowest BCUT2D eigenvalue weighted by atomic mass is 10.1. The van der Waals surface area contributed by atoms with E-state index in [0.717, 1.165) is 17.0 Å². The zero-order chi connectivity index (χ0) is 12.8. The van der Waals surface area contributed by atoms with E-state index in [2.05, 4.69) is 10.3 Å². The summed E-state index contributed by atoms with van der Waals surface area (Å²) >= 11 is 0. The maximum atomic E-state index is 11.9. The van der Waals surface area contributed by atoms with Crippen molar-refractivity contribution in [1.82, 2.24) is 4.98 Å². The zero-order valence-electron chi connectivity index (χ0n) is 10.1. The molecule has 4 nitrogen and oxygen atoms in total. The molecule has 92 valence electrons. The van der Waals surface area contributed by atoms with Crippen LogP contribution in [-0.4, -0.2) is 18.0 Å². The second-order valence-electron chi connectivity index (χ2n) is 3.77. The summed E-state index contributed by atoms with van der Waals surface area (Å²) in [7, 11) is 1.60. The summed E-state index contributed by atoms with van der Waals surface area (Å²) in [6.07, 6.45) is 3.56. The predicted octanol–water partition coefficient (Wildman–Crippen LogP) is 2.27. The molecule has 0 bridgehead atoms. The molecule has 0 saturated heterocycles. The largest absolute Gasteiger partial charge is 0.496 e. The molecule has 0 aliphatic carbocycles. The highest BCUT2D eigenvalue weighted by Crippen LogP contribution is 2.18. The van der Waals surface area contributed by atoms with Crippen LogP contribution < -0.4 is 10.1 Å². The molecular formula is C14H14N2O2. The highest BCUT2D eigenvalue weighted by atomic mass is 16.5. The van der Waals surface area contributed by atoms with Gasteiger partial charge >= 0.3 is 0 Å². The molecule has 1 aromatic carbocycles. The van der Waals surface area contributed by atoms with Gasteiger partial charge in [-0.3, -0.25) is 9.78 Å². The van der Waals surface area contributed by atoms with Gasteiger partial charge in [-0.2, -0.15) is 0 Å². The van der Waals surface area contributed by atoms with Crippen LogP contribution in [-0.2, 0) is 11.2 Å². The normalized spacial score (nSPS) is 9.83. The molecule has 0 aliphatic rings. The van der Waals surface area contributed by atoms with E-state index in [-0.39, 0.29) is 12.3 Å². The number of para-hydroxylation sites is 1. The first-order valence-electron chi connectivity index (χ1n) is 5.61. The molecular weight excluding hydrogens is 228 g/mol. The van der Waals surface area contributed by atoms with Gasteiger partial charge in [0.05, 0.1) is 13.5 Å². The average Bonchev–Trinajstić information content (AvgIpc) is 2.40. The number of anilines is 1. The number of pyridine rings is 1. The lowest BCUT2D eigenvalue weighted by Crippen LogP contribution is -2.14. The Morgan fingerprint density at radius 2 is 1.94 bits per heavy atom. The highest BCUT2D eigenvalue weighted by Gasteiger charge is 2.08. The molecule has 1 aromatic heterocycles. The van der Waals surface area contributed by atoms with Gasteiger partial charge in [-0.05, 0) is 18.2 Å². The average molecular weight is 242 g/mol. The molecule has 1 amide bonds. The summed E-state index contributed by atoms with van der Waals surface area (Å²) in [6, 6.07) is 11.0. The van der Waals surface area contributed by atoms with Crippen LogP contribution in [0.2, 0.25) is 0 Å². The van der Waals surface area contributed by atoms with Crippen LogP contribution in [0.3, 0.4) is 0 Å². The number of benzene rings is 1. The lowest BCUT2D eigenvalue weighted by Gasteiger charge is -2.08. The van der Waals surface area contributed by atoms with Crippen LogP contribution in [0, 0.1) is 0 Å². The van der Waals surface area contributed by atoms with Crippen molar-refractivity contribution in [3.8, 4) is 5.75 Å². The van der Waals surface area contributed by atoms with Crippen LogP contribution in [0.4, 0.5) is 5.69 Å². The van der Waals surface area contributed by atoms with Crippen molar-refractivity contribution in [2.45, 2.75) is 6.42 Å². The molecule has 2 aromatic rings. The minimum atomic E-state index is -0.0781. The van der Waals surface area contributed by atoms with Gasteiger partial charge in [0.2, 0.25) is 5.91 Å². The van der Waals surface area contributed by atoms with Crippen LogP contribution in [0.25, 0.3) is 0 Å². The number of carbonyl (C=O) groups excluding carboxylic acids is 1. The molecule has 1 N–H and O–H groups in total. The number of nitrogens with one attached hydrogen (secondary N) is 1. The van der Waals surface area contributed by atoms with Gasteiger partial charge in [0, 0.05) is 23.6 Å². The van der Waals surface area contributed by atoms with E-state index in [9.17, 15) is 4.79 Å². The summed E-state index contributed by atoms with van der Waals surface area (Å²) in [5, 5.41) is 2.81. The lowest BCUT2D eigenvalue weighted by molar-refractivity contribution is -0.115. The standard InChI is InChI=1S/C14H14N2O2/c1-18-13-5-3-2-4-11(13)10-14(17)16-12-6-8-15-9-7-12/h2-9H,10H2,1H3,(H,15,16,17). The fourth-order valence-corrected chi connectivity index (χ4v) is 1.66. The Balaban J connectivity index is 2.03. The topological polar surface area (TPSA) is 51.2 Å². The van der Waals surface area contributed by atoms with Gasteiger partial charge in [-0.1, -0.05) is 18.2 Å². The minimum Gasteiger partial charge on any atom is -0.496 e. The second kappa shape index (κ2) is 5.82. The number of rotatable bonds is 4. The third-order valence-corrected chi connectivity index (χ3v) is 2.51. The molecule has 0 fully saturated rings. The molecule has 18 heavy (non-hydrogen) atoms. The van der Waals surface area contributed by atoms with Crippen LogP contribution in [0.1, 0.15) is 5.56 Å². The number of nitrogens with zero attached hydrogens (tertiary/aromatic N) is 1. The van der Waals surface area contributed by atoms with Crippen LogP contribution >= 0.6 is 0 Å². The SMILES string of the molecule is COc1ccccc1CC(=O)Nc1ccncc1. The summed E-state index contributed by atoms with van der Waals surface area (Å²) in [4.78, 5) is 15.8. The molecule has 1 heterocycles. The molecule has 2 rings (SSSR count). The Hall–Kier alpha value is -2.36. The Morgan fingerprint density at radius 3 is 2.67 bits per heavy atom. The van der Waals surface area contributed by atoms with Crippen molar-refractivity contribution in [3.63, 3.8) is 0 Å². The number of methoxy groups -OCH3 is 1. The van der Waals surface area contributed by atoms with E-state index in [1.54, 1.807) is 31.6 Å². The third-order valence-electron chi connectivity index (χ3n) is 2.51. The Morgan fingerprint density at radius 1 is 1.22 bits per heavy atom. The van der Waals surface area contributed by atoms with Crippen molar-refractivity contribution in [1.29, 1.82) is 0 Å². The first-order chi connectivity index (χ1) is 8.79. The van der Waals surface area contributed by atoms with E-state index in [0.29, 0.717) is 0 Å². The summed E-state index contributed by atoms with van der Waals surface area (Å²) < 4.78 is 5.21. The first-order valence-corrected chi connectivity index (χ1v) is 5.61. The highest BCUT2D eigenvalue weighted by molar-refractivity contribution is 5.92. The first kappa shape index (κ1) is 12.1. The van der Waals surface area contributed by atoms with Gasteiger partial charge in [0.25, 0.3) is 0 Å². The molecule has 0 radical (unpaired) electrons. The van der Waals surface area contributed by atoms with Gasteiger partial charge in [0.15, 0.2) is 0 Å². The van der Waals surface area contributed by atoms with E-state index in [4.69, 9.17) is 4.74 Å². The second-order valence-corrected chi connectivity index (χ2v) is 3.77. The Kier molecular flexibility index (Phi) is 3.91. The zero-order valence-corrected chi connectivity index (χ0v) is 10.1. The molecule has 0 spiro atoms. The number of hydrogen-bond acceptors (Lipinski definition) is 3. The van der Waals surface area contributed by atoms with Gasteiger partial charge in [0.1, 0.15) is 5.75 Å². The Bertz CT molecular complexity index is 526. The smallest absolute Gasteiger partial charge is 0.228 e.